The maximum atomic E-state index is 12.5. The molecule has 0 aromatic heterocycles. The molecule has 0 saturated carbocycles. The highest BCUT2D eigenvalue weighted by molar-refractivity contribution is 5.76. The number of allylic oxidation sites excluding steroid dienone is 2. The van der Waals surface area contributed by atoms with E-state index in [1.807, 2.05) is 0 Å². The summed E-state index contributed by atoms with van der Waals surface area (Å²) in [6, 6.07) is -0.540. The third-order valence-corrected chi connectivity index (χ3v) is 15.8. The first-order valence-corrected chi connectivity index (χ1v) is 33.4. The molecular formula is C67H131NO5. The Morgan fingerprint density at radius 3 is 1.01 bits per heavy atom. The molecule has 0 heterocycles. The minimum absolute atomic E-state index is 0.00613. The van der Waals surface area contributed by atoms with E-state index in [-0.39, 0.29) is 18.5 Å². The Morgan fingerprint density at radius 1 is 0.370 bits per heavy atom. The van der Waals surface area contributed by atoms with Gasteiger partial charge >= 0.3 is 5.97 Å². The molecule has 0 spiro atoms. The first-order chi connectivity index (χ1) is 36.0. The van der Waals surface area contributed by atoms with E-state index in [0.717, 1.165) is 44.9 Å². The first kappa shape index (κ1) is 71.6. The molecule has 0 aromatic carbocycles. The molecule has 0 aliphatic heterocycles. The summed E-state index contributed by atoms with van der Waals surface area (Å²) in [5.74, 6) is -0.0228. The van der Waals surface area contributed by atoms with Crippen LogP contribution in [-0.4, -0.2) is 47.4 Å². The third-order valence-electron chi connectivity index (χ3n) is 15.8. The second-order valence-corrected chi connectivity index (χ2v) is 23.2. The summed E-state index contributed by atoms with van der Waals surface area (Å²) in [6.45, 7) is 4.95. The maximum Gasteiger partial charge on any atom is 0.305 e. The van der Waals surface area contributed by atoms with Gasteiger partial charge in [-0.2, -0.15) is 0 Å². The van der Waals surface area contributed by atoms with Gasteiger partial charge in [0.15, 0.2) is 0 Å². The van der Waals surface area contributed by atoms with Crippen LogP contribution in [0.2, 0.25) is 0 Å². The molecule has 0 aromatic rings. The Morgan fingerprint density at radius 2 is 0.658 bits per heavy atom. The number of ether oxygens (including phenoxy) is 1. The number of nitrogens with one attached hydrogen (secondary N) is 1. The fourth-order valence-corrected chi connectivity index (χ4v) is 10.7. The molecule has 0 bridgehead atoms. The van der Waals surface area contributed by atoms with Crippen molar-refractivity contribution in [3.8, 4) is 0 Å². The van der Waals surface area contributed by atoms with E-state index in [1.165, 1.54) is 302 Å². The van der Waals surface area contributed by atoms with Crippen LogP contribution in [0.1, 0.15) is 380 Å². The molecule has 0 fully saturated rings. The summed E-state index contributed by atoms with van der Waals surface area (Å²) in [5, 5.41) is 23.4. The third kappa shape index (κ3) is 59.7. The van der Waals surface area contributed by atoms with Crippen molar-refractivity contribution in [1.82, 2.24) is 5.32 Å². The van der Waals surface area contributed by atoms with Gasteiger partial charge in [-0.25, -0.2) is 0 Å². The molecule has 0 aliphatic carbocycles. The van der Waals surface area contributed by atoms with Crippen LogP contribution in [-0.2, 0) is 14.3 Å². The SMILES string of the molecule is CCCC/C=C\CCCCCCCC(=O)OCCCCCCCCCCCCCCCCCCCCCCCCCCCC(=O)NC(CO)C(O)CCCCCCCCCCCCCCCCCCCCCC. The summed E-state index contributed by atoms with van der Waals surface area (Å²) < 4.78 is 5.46. The molecule has 73 heavy (non-hydrogen) atoms. The van der Waals surface area contributed by atoms with Gasteiger partial charge in [-0.1, -0.05) is 334 Å². The predicted octanol–water partition coefficient (Wildman–Crippen LogP) is 21.2. The smallest absolute Gasteiger partial charge is 0.305 e. The highest BCUT2D eigenvalue weighted by Gasteiger charge is 2.20. The predicted molar refractivity (Wildman–Crippen MR) is 320 cm³/mol. The van der Waals surface area contributed by atoms with Gasteiger partial charge < -0.3 is 20.3 Å². The maximum absolute atomic E-state index is 12.5. The number of esters is 1. The Bertz CT molecular complexity index is 1100. The van der Waals surface area contributed by atoms with Gasteiger partial charge in [0.05, 0.1) is 25.4 Å². The highest BCUT2D eigenvalue weighted by Crippen LogP contribution is 2.19. The molecule has 0 saturated heterocycles. The Hall–Kier alpha value is -1.40. The zero-order valence-electron chi connectivity index (χ0n) is 49.6. The molecule has 6 heteroatoms. The molecule has 0 aliphatic rings. The topological polar surface area (TPSA) is 95.9 Å². The van der Waals surface area contributed by atoms with Crippen molar-refractivity contribution < 1.29 is 24.5 Å². The number of unbranched alkanes of at least 4 members (excludes halogenated alkanes) is 50. The molecular weight excluding hydrogens is 899 g/mol. The lowest BCUT2D eigenvalue weighted by Gasteiger charge is -2.22. The van der Waals surface area contributed by atoms with Gasteiger partial charge in [0.1, 0.15) is 0 Å². The monoisotopic (exact) mass is 1030 g/mol. The summed E-state index contributed by atoms with van der Waals surface area (Å²) in [5.41, 5.74) is 0. The molecule has 2 unspecified atom stereocenters. The number of carbonyl (C=O) groups is 2. The number of amides is 1. The average molecular weight is 1030 g/mol. The van der Waals surface area contributed by atoms with E-state index in [9.17, 15) is 19.8 Å². The number of hydrogen-bond acceptors (Lipinski definition) is 5. The lowest BCUT2D eigenvalue weighted by molar-refractivity contribution is -0.143. The second kappa shape index (κ2) is 63.1. The second-order valence-electron chi connectivity index (χ2n) is 23.2. The number of carbonyl (C=O) groups excluding carboxylic acids is 2. The van der Waals surface area contributed by atoms with Crippen LogP contribution in [0.3, 0.4) is 0 Å². The number of rotatable bonds is 63. The Balaban J connectivity index is 3.36. The van der Waals surface area contributed by atoms with Crippen molar-refractivity contribution in [2.45, 2.75) is 392 Å². The molecule has 434 valence electrons. The van der Waals surface area contributed by atoms with Crippen LogP contribution in [0.15, 0.2) is 12.2 Å². The molecule has 1 amide bonds. The van der Waals surface area contributed by atoms with Gasteiger partial charge in [0, 0.05) is 12.8 Å². The van der Waals surface area contributed by atoms with Crippen molar-refractivity contribution >= 4 is 11.9 Å². The van der Waals surface area contributed by atoms with Crippen molar-refractivity contribution in [3.05, 3.63) is 12.2 Å². The minimum Gasteiger partial charge on any atom is -0.466 e. The Labute approximate surface area is 457 Å². The summed E-state index contributed by atoms with van der Waals surface area (Å²) in [6.07, 6.45) is 76.7. The number of aliphatic hydroxyl groups is 2. The van der Waals surface area contributed by atoms with Gasteiger partial charge in [-0.15, -0.1) is 0 Å². The summed E-state index contributed by atoms with van der Waals surface area (Å²) in [4.78, 5) is 24.5. The highest BCUT2D eigenvalue weighted by atomic mass is 16.5. The van der Waals surface area contributed by atoms with E-state index in [2.05, 4.69) is 31.3 Å². The summed E-state index contributed by atoms with van der Waals surface area (Å²) in [7, 11) is 0. The van der Waals surface area contributed by atoms with Crippen molar-refractivity contribution in [1.29, 1.82) is 0 Å². The molecule has 0 rings (SSSR count). The number of aliphatic hydroxyl groups excluding tert-OH is 2. The van der Waals surface area contributed by atoms with Crippen LogP contribution in [0.25, 0.3) is 0 Å². The molecule has 6 nitrogen and oxygen atoms in total. The van der Waals surface area contributed by atoms with E-state index in [1.54, 1.807) is 0 Å². The molecule has 3 N–H and O–H groups in total. The quantitative estimate of drug-likeness (QED) is 0.0320. The van der Waals surface area contributed by atoms with Crippen LogP contribution in [0.4, 0.5) is 0 Å². The van der Waals surface area contributed by atoms with Crippen LogP contribution < -0.4 is 5.32 Å². The van der Waals surface area contributed by atoms with Crippen LogP contribution in [0.5, 0.6) is 0 Å². The van der Waals surface area contributed by atoms with E-state index >= 15 is 0 Å². The largest absolute Gasteiger partial charge is 0.466 e. The van der Waals surface area contributed by atoms with E-state index in [4.69, 9.17) is 4.74 Å². The van der Waals surface area contributed by atoms with Gasteiger partial charge in [0.2, 0.25) is 5.91 Å². The standard InChI is InChI=1S/C67H131NO5/c1-3-5-7-9-11-13-15-16-17-18-19-27-30-33-36-40-43-47-51-55-59-65(70)64(63-69)68-66(71)60-56-52-48-44-41-37-34-31-28-25-23-21-20-22-24-26-29-32-35-38-42-46-50-54-58-62-73-67(72)61-57-53-49-45-39-14-12-10-8-6-4-2/h10,12,64-65,69-70H,3-9,11,13-63H2,1-2H3,(H,68,71)/b12-10-. The molecule has 0 radical (unpaired) electrons. The summed E-state index contributed by atoms with van der Waals surface area (Å²) >= 11 is 0. The van der Waals surface area contributed by atoms with E-state index in [0.29, 0.717) is 25.9 Å². The lowest BCUT2D eigenvalue weighted by Crippen LogP contribution is -2.45. The van der Waals surface area contributed by atoms with Gasteiger partial charge in [-0.3, -0.25) is 9.59 Å². The zero-order chi connectivity index (χ0) is 52.9. The Kier molecular flexibility index (Phi) is 61.9. The van der Waals surface area contributed by atoms with Gasteiger partial charge in [0.25, 0.3) is 0 Å². The van der Waals surface area contributed by atoms with Crippen LogP contribution in [0, 0.1) is 0 Å². The zero-order valence-corrected chi connectivity index (χ0v) is 49.6. The fourth-order valence-electron chi connectivity index (χ4n) is 10.7. The van der Waals surface area contributed by atoms with Gasteiger partial charge in [-0.05, 0) is 44.9 Å². The normalized spacial score (nSPS) is 12.5. The van der Waals surface area contributed by atoms with Crippen molar-refractivity contribution in [2.24, 2.45) is 0 Å². The molecule has 2 atom stereocenters. The lowest BCUT2D eigenvalue weighted by atomic mass is 10.0. The number of hydrogen-bond donors (Lipinski definition) is 3. The first-order valence-electron chi connectivity index (χ1n) is 33.4. The minimum atomic E-state index is -0.663. The fraction of sp³-hybridized carbons (Fsp3) is 0.940. The average Bonchev–Trinajstić information content (AvgIpc) is 3.39. The van der Waals surface area contributed by atoms with Crippen molar-refractivity contribution in [2.75, 3.05) is 13.2 Å². The van der Waals surface area contributed by atoms with E-state index < -0.39 is 12.1 Å². The van der Waals surface area contributed by atoms with Crippen LogP contribution >= 0.6 is 0 Å². The van der Waals surface area contributed by atoms with Crippen molar-refractivity contribution in [3.63, 3.8) is 0 Å².